The van der Waals surface area contributed by atoms with E-state index in [1.54, 1.807) is 12.1 Å². The van der Waals surface area contributed by atoms with E-state index in [2.05, 4.69) is 6.07 Å². The number of aryl methyl sites for hydroxylation is 1. The van der Waals surface area contributed by atoms with Crippen molar-refractivity contribution in [3.63, 3.8) is 0 Å². The lowest BCUT2D eigenvalue weighted by Crippen LogP contribution is -2.48. The highest BCUT2D eigenvalue weighted by atomic mass is 35.5. The van der Waals surface area contributed by atoms with Crippen LogP contribution in [0, 0.1) is 5.92 Å². The van der Waals surface area contributed by atoms with Crippen LogP contribution in [0.5, 0.6) is 0 Å². The molecule has 30 heavy (non-hydrogen) atoms. The van der Waals surface area contributed by atoms with Crippen molar-refractivity contribution in [1.82, 2.24) is 4.31 Å². The van der Waals surface area contributed by atoms with Crippen molar-refractivity contribution >= 4 is 39.3 Å². The predicted octanol–water partition coefficient (Wildman–Crippen LogP) is 5.33. The molecular weight excluding hydrogens is 441 g/mol. The number of hydrogen-bond donors (Lipinski definition) is 1. The zero-order valence-corrected chi connectivity index (χ0v) is 19.5. The Balaban J connectivity index is 2.05. The van der Waals surface area contributed by atoms with Crippen molar-refractivity contribution in [2.45, 2.75) is 49.5 Å². The molecular formula is C23H27Cl2NO3S. The van der Waals surface area contributed by atoms with Gasteiger partial charge in [-0.3, -0.25) is 0 Å². The molecule has 3 rings (SSSR count). The molecule has 1 N–H and O–H groups in total. The molecule has 0 aliphatic heterocycles. The molecule has 0 fully saturated rings. The monoisotopic (exact) mass is 467 g/mol. The molecule has 2 atom stereocenters. The lowest BCUT2D eigenvalue weighted by Gasteiger charge is -2.36. The number of sulfonamides is 1. The van der Waals surface area contributed by atoms with Crippen molar-refractivity contribution in [3.8, 4) is 0 Å². The van der Waals surface area contributed by atoms with Crippen molar-refractivity contribution in [2.75, 3.05) is 6.61 Å². The van der Waals surface area contributed by atoms with Gasteiger partial charge in [0.25, 0.3) is 0 Å². The Kier molecular flexibility index (Phi) is 7.64. The van der Waals surface area contributed by atoms with Crippen LogP contribution in [0.2, 0.25) is 5.02 Å². The van der Waals surface area contributed by atoms with Crippen molar-refractivity contribution in [1.29, 1.82) is 0 Å². The van der Waals surface area contributed by atoms with E-state index >= 15 is 0 Å². The second-order valence-electron chi connectivity index (χ2n) is 8.01. The van der Waals surface area contributed by atoms with Crippen LogP contribution < -0.4 is 0 Å². The third-order valence-corrected chi connectivity index (χ3v) is 8.10. The molecule has 0 radical (unpaired) electrons. The van der Waals surface area contributed by atoms with Crippen LogP contribution in [0.1, 0.15) is 37.8 Å². The molecule has 0 heterocycles. The van der Waals surface area contributed by atoms with Crippen LogP contribution in [-0.2, 0) is 16.4 Å². The first kappa shape index (κ1) is 23.3. The third-order valence-electron chi connectivity index (χ3n) is 5.31. The number of hydrogen-bond acceptors (Lipinski definition) is 3. The summed E-state index contributed by atoms with van der Waals surface area (Å²) in [7, 11) is -3.96. The van der Waals surface area contributed by atoms with E-state index in [4.69, 9.17) is 23.2 Å². The predicted molar refractivity (Wildman–Crippen MR) is 123 cm³/mol. The van der Waals surface area contributed by atoms with Gasteiger partial charge in [0.1, 0.15) is 5.50 Å². The normalized spacial score (nSPS) is 16.3. The Morgan fingerprint density at radius 3 is 2.37 bits per heavy atom. The average Bonchev–Trinajstić information content (AvgIpc) is 2.72. The summed E-state index contributed by atoms with van der Waals surface area (Å²) in [5.41, 5.74) is 2.21. The average molecular weight is 468 g/mol. The van der Waals surface area contributed by atoms with Crippen LogP contribution in [-0.4, -0.2) is 36.0 Å². The maximum atomic E-state index is 13.6. The molecule has 0 saturated carbocycles. The summed E-state index contributed by atoms with van der Waals surface area (Å²) in [6.07, 6.45) is 3.94. The van der Waals surface area contributed by atoms with Crippen LogP contribution in [0.25, 0.3) is 6.08 Å². The first-order valence-corrected chi connectivity index (χ1v) is 12.3. The molecule has 2 aromatic rings. The fourth-order valence-electron chi connectivity index (χ4n) is 3.84. The topological polar surface area (TPSA) is 57.6 Å². The summed E-state index contributed by atoms with van der Waals surface area (Å²) >= 11 is 12.8. The van der Waals surface area contributed by atoms with E-state index < -0.39 is 21.6 Å². The van der Waals surface area contributed by atoms with E-state index in [1.165, 1.54) is 22.0 Å². The lowest BCUT2D eigenvalue weighted by atomic mass is 9.92. The van der Waals surface area contributed by atoms with Gasteiger partial charge in [0.15, 0.2) is 0 Å². The number of benzene rings is 2. The third kappa shape index (κ3) is 5.09. The highest BCUT2D eigenvalue weighted by molar-refractivity contribution is 7.89. The maximum Gasteiger partial charge on any atom is 0.244 e. The standard InChI is InChI=1S/C23H27Cl2NO3S/c1-16(2)13-21(15-27)26(30(28,29)22-11-9-20(24)10-12-22)23(25)19-8-7-17-5-3-4-6-18(17)14-19/h3-6,9-12,14,16,21,23,27H,7-8,13,15H2,1-2H3. The zero-order valence-electron chi connectivity index (χ0n) is 17.1. The van der Waals surface area contributed by atoms with Gasteiger partial charge in [-0.25, -0.2) is 8.42 Å². The Morgan fingerprint density at radius 1 is 1.07 bits per heavy atom. The Labute approximate surface area is 189 Å². The number of aliphatic hydroxyl groups excluding tert-OH is 1. The summed E-state index contributed by atoms with van der Waals surface area (Å²) in [6, 6.07) is 13.4. The minimum Gasteiger partial charge on any atom is -0.395 e. The molecule has 0 spiro atoms. The summed E-state index contributed by atoms with van der Waals surface area (Å²) in [4.78, 5) is 0.108. The molecule has 7 heteroatoms. The van der Waals surface area contributed by atoms with Crippen LogP contribution in [0.4, 0.5) is 0 Å². The Hall–Kier alpha value is -1.37. The number of halogens is 2. The van der Waals surface area contributed by atoms with E-state index in [0.29, 0.717) is 17.9 Å². The van der Waals surface area contributed by atoms with Crippen LogP contribution >= 0.6 is 23.2 Å². The number of aliphatic hydroxyl groups is 1. The fourth-order valence-corrected chi connectivity index (χ4v) is 6.26. The lowest BCUT2D eigenvalue weighted by molar-refractivity contribution is 0.166. The van der Waals surface area contributed by atoms with Gasteiger partial charge in [0.05, 0.1) is 17.5 Å². The van der Waals surface area contributed by atoms with E-state index in [0.717, 1.165) is 17.6 Å². The number of fused-ring (bicyclic) bond motifs is 1. The van der Waals surface area contributed by atoms with Crippen LogP contribution in [0.3, 0.4) is 0 Å². The Bertz CT molecular complexity index is 1000. The smallest absolute Gasteiger partial charge is 0.244 e. The quantitative estimate of drug-likeness (QED) is 0.421. The summed E-state index contributed by atoms with van der Waals surface area (Å²) < 4.78 is 28.5. The number of nitrogens with zero attached hydrogens (tertiary/aromatic N) is 1. The molecule has 0 aromatic heterocycles. The Morgan fingerprint density at radius 2 is 1.73 bits per heavy atom. The van der Waals surface area contributed by atoms with Crippen molar-refractivity contribution < 1.29 is 13.5 Å². The molecule has 2 unspecified atom stereocenters. The van der Waals surface area contributed by atoms with Gasteiger partial charge < -0.3 is 5.11 Å². The molecule has 0 saturated heterocycles. The number of rotatable bonds is 8. The van der Waals surface area contributed by atoms with Crippen molar-refractivity contribution in [3.05, 3.63) is 70.3 Å². The highest BCUT2D eigenvalue weighted by Gasteiger charge is 2.38. The summed E-state index contributed by atoms with van der Waals surface area (Å²) in [5, 5.41) is 10.6. The second-order valence-corrected chi connectivity index (χ2v) is 10.7. The maximum absolute atomic E-state index is 13.6. The van der Waals surface area contributed by atoms with Gasteiger partial charge in [0, 0.05) is 5.02 Å². The minimum atomic E-state index is -3.96. The molecule has 162 valence electrons. The fraction of sp³-hybridized carbons (Fsp3) is 0.391. The molecule has 1 aliphatic rings. The zero-order chi connectivity index (χ0) is 21.9. The minimum absolute atomic E-state index is 0.108. The summed E-state index contributed by atoms with van der Waals surface area (Å²) in [6.45, 7) is 3.68. The SMILES string of the molecule is CC(C)CC(CO)N(C(Cl)C1=Cc2ccccc2CC1)S(=O)(=O)c1ccc(Cl)cc1. The first-order chi connectivity index (χ1) is 14.2. The molecule has 1 aliphatic carbocycles. The number of alkyl halides is 1. The van der Waals surface area contributed by atoms with Gasteiger partial charge in [0.2, 0.25) is 10.0 Å². The molecule has 4 nitrogen and oxygen atoms in total. The van der Waals surface area contributed by atoms with Crippen LogP contribution in [0.15, 0.2) is 59.0 Å². The van der Waals surface area contributed by atoms with Gasteiger partial charge >= 0.3 is 0 Å². The second kappa shape index (κ2) is 9.84. The molecule has 2 aromatic carbocycles. The van der Waals surface area contributed by atoms with Gasteiger partial charge in [-0.15, -0.1) is 0 Å². The van der Waals surface area contributed by atoms with Gasteiger partial charge in [-0.05, 0) is 66.1 Å². The van der Waals surface area contributed by atoms with Gasteiger partial charge in [-0.2, -0.15) is 4.31 Å². The van der Waals surface area contributed by atoms with E-state index in [1.807, 2.05) is 38.1 Å². The summed E-state index contributed by atoms with van der Waals surface area (Å²) in [5.74, 6) is 0.190. The van der Waals surface area contributed by atoms with E-state index in [-0.39, 0.29) is 17.4 Å². The largest absolute Gasteiger partial charge is 0.395 e. The highest BCUT2D eigenvalue weighted by Crippen LogP contribution is 2.34. The van der Waals surface area contributed by atoms with Crippen molar-refractivity contribution in [2.24, 2.45) is 5.92 Å². The van der Waals surface area contributed by atoms with E-state index in [9.17, 15) is 13.5 Å². The molecule has 0 bridgehead atoms. The van der Waals surface area contributed by atoms with Gasteiger partial charge in [-0.1, -0.05) is 67.4 Å². The molecule has 0 amide bonds. The first-order valence-electron chi connectivity index (χ1n) is 10.1.